The van der Waals surface area contributed by atoms with E-state index >= 15 is 0 Å². The molecule has 4 N–H and O–H groups in total. The minimum absolute atomic E-state index is 0.217. The van der Waals surface area contributed by atoms with E-state index in [1.165, 1.54) is 25.7 Å². The summed E-state index contributed by atoms with van der Waals surface area (Å²) in [5.74, 6) is 1.60. The standard InChI is InChI=1S/C26H32N4O2.C22H25ClN4O2/c1-6-16(2)21-13-22(28-15-26(4,5)32)25-27-14-23(30(25)29-21)19-9-10-20(17(3)11-19)24(31)12-18-7-8-18;1-13-8-15(6-7-16(13)19(28)9-14-4-5-14)18-11-24-21-17(25-12-22(2,3)29)10-20(23)26-27(18)21/h6,9-11,13-14,18,28,32H,7-8,12,15H2,1-5H3;6-8,10-11,14,25,29H,4-5,9,12H2,1-3H3/b16-6+;. The van der Waals surface area contributed by atoms with Gasteiger partial charge in [-0.05, 0) is 128 Å². The van der Waals surface area contributed by atoms with Crippen molar-refractivity contribution in [2.24, 2.45) is 11.8 Å². The molecule has 320 valence electrons. The van der Waals surface area contributed by atoms with Crippen LogP contribution in [0.2, 0.25) is 5.15 Å². The lowest BCUT2D eigenvalue weighted by Crippen LogP contribution is -2.29. The third-order valence-corrected chi connectivity index (χ3v) is 11.3. The summed E-state index contributed by atoms with van der Waals surface area (Å²) >= 11 is 6.24. The number of benzene rings is 2. The SMILES string of the molecule is C/C=C(\C)c1cc(NCC(C)(C)O)c2ncc(-c3ccc(C(=O)CC4CC4)c(C)c3)n2n1.Cc1cc(-c2cnc3c(NCC(C)(C)O)cc(Cl)nn23)ccc1C(=O)CC1CC1. The number of rotatable bonds is 15. The highest BCUT2D eigenvalue weighted by molar-refractivity contribution is 6.29. The molecule has 4 aromatic heterocycles. The minimum atomic E-state index is -0.873. The molecule has 0 spiro atoms. The van der Waals surface area contributed by atoms with Gasteiger partial charge in [-0.1, -0.05) is 41.9 Å². The average Bonchev–Trinajstić information content (AvgIpc) is 4.11. The van der Waals surface area contributed by atoms with E-state index < -0.39 is 11.2 Å². The van der Waals surface area contributed by atoms with Gasteiger partial charge in [0.05, 0.1) is 52.1 Å². The quantitative estimate of drug-likeness (QED) is 0.0733. The Balaban J connectivity index is 0.000000185. The van der Waals surface area contributed by atoms with Gasteiger partial charge in [0, 0.05) is 54.3 Å². The van der Waals surface area contributed by atoms with Crippen LogP contribution in [0.3, 0.4) is 0 Å². The van der Waals surface area contributed by atoms with Crippen molar-refractivity contribution in [1.82, 2.24) is 29.2 Å². The Morgan fingerprint density at radius 2 is 1.18 bits per heavy atom. The van der Waals surface area contributed by atoms with Crippen LogP contribution in [0.15, 0.2) is 67.0 Å². The van der Waals surface area contributed by atoms with Crippen molar-refractivity contribution in [2.45, 2.75) is 105 Å². The number of aliphatic hydroxyl groups is 2. The molecule has 0 amide bonds. The molecular formula is C48H57ClN8O4. The monoisotopic (exact) mass is 844 g/mol. The fourth-order valence-corrected chi connectivity index (χ4v) is 7.37. The highest BCUT2D eigenvalue weighted by Crippen LogP contribution is 2.36. The van der Waals surface area contributed by atoms with Crippen molar-refractivity contribution in [2.75, 3.05) is 23.7 Å². The number of aromatic nitrogens is 6. The first-order valence-corrected chi connectivity index (χ1v) is 21.5. The first-order valence-electron chi connectivity index (χ1n) is 21.1. The number of anilines is 2. The number of aryl methyl sites for hydroxylation is 2. The number of fused-ring (bicyclic) bond motifs is 2. The van der Waals surface area contributed by atoms with Gasteiger partial charge in [-0.3, -0.25) is 9.59 Å². The molecule has 0 saturated heterocycles. The van der Waals surface area contributed by atoms with Gasteiger partial charge >= 0.3 is 0 Å². The topological polar surface area (TPSA) is 159 Å². The first kappa shape index (κ1) is 43.7. The zero-order valence-electron chi connectivity index (χ0n) is 36.4. The van der Waals surface area contributed by atoms with Crippen LogP contribution in [-0.4, -0.2) is 75.3 Å². The number of imidazole rings is 2. The number of carbonyl (C=O) groups excluding carboxylic acids is 2. The Morgan fingerprint density at radius 1 is 0.738 bits per heavy atom. The van der Waals surface area contributed by atoms with Crippen LogP contribution in [0.25, 0.3) is 39.4 Å². The highest BCUT2D eigenvalue weighted by Gasteiger charge is 2.27. The Bertz CT molecular complexity index is 2640. The normalized spacial score (nSPS) is 14.6. The molecule has 13 heteroatoms. The van der Waals surface area contributed by atoms with Gasteiger partial charge in [-0.25, -0.2) is 19.0 Å². The number of nitrogens with one attached hydrogen (secondary N) is 2. The van der Waals surface area contributed by atoms with E-state index in [0.29, 0.717) is 59.9 Å². The summed E-state index contributed by atoms with van der Waals surface area (Å²) in [6.07, 6.45) is 11.6. The van der Waals surface area contributed by atoms with E-state index in [-0.39, 0.29) is 11.6 Å². The van der Waals surface area contributed by atoms with Gasteiger partial charge in [0.1, 0.15) is 0 Å². The van der Waals surface area contributed by atoms with Crippen molar-refractivity contribution in [3.8, 4) is 22.5 Å². The molecule has 8 rings (SSSR count). The summed E-state index contributed by atoms with van der Waals surface area (Å²) in [6, 6.07) is 15.5. The summed E-state index contributed by atoms with van der Waals surface area (Å²) in [7, 11) is 0. The van der Waals surface area contributed by atoms with E-state index in [4.69, 9.17) is 16.7 Å². The molecule has 0 unspecified atom stereocenters. The number of hydrogen-bond donors (Lipinski definition) is 4. The second-order valence-electron chi connectivity index (χ2n) is 18.1. The van der Waals surface area contributed by atoms with Crippen LogP contribution in [0.5, 0.6) is 0 Å². The van der Waals surface area contributed by atoms with E-state index in [1.807, 2.05) is 86.9 Å². The highest BCUT2D eigenvalue weighted by atomic mass is 35.5. The lowest BCUT2D eigenvalue weighted by Gasteiger charge is -2.19. The van der Waals surface area contributed by atoms with Crippen LogP contribution in [0.4, 0.5) is 11.4 Å². The second kappa shape index (κ2) is 17.5. The van der Waals surface area contributed by atoms with Crippen LogP contribution >= 0.6 is 11.6 Å². The van der Waals surface area contributed by atoms with E-state index in [2.05, 4.69) is 25.7 Å². The molecule has 0 atom stereocenters. The number of allylic oxidation sites excluding steroid dienone is 2. The maximum atomic E-state index is 12.6. The van der Waals surface area contributed by atoms with Gasteiger partial charge in [-0.2, -0.15) is 10.2 Å². The number of hydrogen-bond acceptors (Lipinski definition) is 10. The third-order valence-electron chi connectivity index (χ3n) is 11.2. The molecule has 2 aromatic carbocycles. The molecule has 2 aliphatic rings. The average molecular weight is 845 g/mol. The van der Waals surface area contributed by atoms with E-state index in [9.17, 15) is 19.8 Å². The lowest BCUT2D eigenvalue weighted by molar-refractivity contribution is 0.0939. The molecular weight excluding hydrogens is 788 g/mol. The summed E-state index contributed by atoms with van der Waals surface area (Å²) in [4.78, 5) is 34.2. The molecule has 2 fully saturated rings. The molecule has 2 aliphatic carbocycles. The predicted octanol–water partition coefficient (Wildman–Crippen LogP) is 9.82. The maximum absolute atomic E-state index is 12.6. The zero-order chi connectivity index (χ0) is 43.8. The van der Waals surface area contributed by atoms with Crippen LogP contribution in [-0.2, 0) is 0 Å². The second-order valence-corrected chi connectivity index (χ2v) is 18.5. The Hall–Kier alpha value is -5.43. The number of nitrogens with zero attached hydrogens (tertiary/aromatic N) is 6. The molecule has 61 heavy (non-hydrogen) atoms. The number of carbonyl (C=O) groups is 2. The van der Waals surface area contributed by atoms with E-state index in [1.54, 1.807) is 44.5 Å². The molecule has 12 nitrogen and oxygen atoms in total. The Morgan fingerprint density at radius 3 is 1.59 bits per heavy atom. The number of halogens is 1. The summed E-state index contributed by atoms with van der Waals surface area (Å²) in [6.45, 7) is 15.7. The minimum Gasteiger partial charge on any atom is -0.389 e. The zero-order valence-corrected chi connectivity index (χ0v) is 37.2. The van der Waals surface area contributed by atoms with Crippen molar-refractivity contribution in [1.29, 1.82) is 0 Å². The summed E-state index contributed by atoms with van der Waals surface area (Å²) in [5, 5.41) is 36.3. The summed E-state index contributed by atoms with van der Waals surface area (Å²) in [5.41, 5.74) is 10.1. The molecule has 2 saturated carbocycles. The molecule has 0 bridgehead atoms. The summed E-state index contributed by atoms with van der Waals surface area (Å²) < 4.78 is 3.53. The largest absolute Gasteiger partial charge is 0.389 e. The lowest BCUT2D eigenvalue weighted by atomic mass is 9.98. The predicted molar refractivity (Wildman–Crippen MR) is 244 cm³/mol. The van der Waals surface area contributed by atoms with Gasteiger partial charge < -0.3 is 20.8 Å². The Labute approximate surface area is 362 Å². The van der Waals surface area contributed by atoms with E-state index in [0.717, 1.165) is 61.7 Å². The number of ketones is 2. The molecule has 0 radical (unpaired) electrons. The van der Waals surface area contributed by atoms with Crippen molar-refractivity contribution in [3.63, 3.8) is 0 Å². The van der Waals surface area contributed by atoms with Gasteiger partial charge in [0.2, 0.25) is 0 Å². The van der Waals surface area contributed by atoms with Crippen LogP contribution in [0.1, 0.15) is 118 Å². The fraction of sp³-hybridized carbons (Fsp3) is 0.417. The van der Waals surface area contributed by atoms with Crippen LogP contribution < -0.4 is 10.6 Å². The molecule has 6 aromatic rings. The van der Waals surface area contributed by atoms with Crippen molar-refractivity contribution >= 4 is 51.4 Å². The van der Waals surface area contributed by atoms with Gasteiger partial charge in [0.15, 0.2) is 28.0 Å². The van der Waals surface area contributed by atoms with Gasteiger partial charge in [0.25, 0.3) is 0 Å². The van der Waals surface area contributed by atoms with Crippen molar-refractivity contribution in [3.05, 3.63) is 100 Å². The molecule has 4 heterocycles. The fourth-order valence-electron chi connectivity index (χ4n) is 7.18. The maximum Gasteiger partial charge on any atom is 0.177 e. The third kappa shape index (κ3) is 10.7. The first-order chi connectivity index (χ1) is 28.9. The smallest absolute Gasteiger partial charge is 0.177 e. The van der Waals surface area contributed by atoms with Gasteiger partial charge in [-0.15, -0.1) is 0 Å². The Kier molecular flexibility index (Phi) is 12.5. The van der Waals surface area contributed by atoms with Crippen molar-refractivity contribution < 1.29 is 19.8 Å². The number of Topliss-reactive ketones (excluding diaryl/α,β-unsaturated/α-hetero) is 2. The van der Waals surface area contributed by atoms with Crippen LogP contribution in [0, 0.1) is 25.7 Å². The molecule has 0 aliphatic heterocycles.